The van der Waals surface area contributed by atoms with Gasteiger partial charge in [0.1, 0.15) is 16.7 Å². The molecule has 17 heavy (non-hydrogen) atoms. The van der Waals surface area contributed by atoms with Crippen LogP contribution in [0.3, 0.4) is 0 Å². The number of anilines is 1. The van der Waals surface area contributed by atoms with Gasteiger partial charge >= 0.3 is 0 Å². The molecule has 1 heterocycles. The molecule has 0 aromatic carbocycles. The van der Waals surface area contributed by atoms with Gasteiger partial charge in [0.15, 0.2) is 0 Å². The Labute approximate surface area is 109 Å². The standard InChI is InChI=1S/C13H23N3S/c1-8(2)6-7-17-13-10(5)11(14)15-12(16-13)9(3)4/h8-9H,6-7H2,1-5H3,(H2,14,15,16). The Kier molecular flexibility index (Phi) is 5.25. The normalized spacial score (nSPS) is 11.5. The van der Waals surface area contributed by atoms with Crippen molar-refractivity contribution in [2.75, 3.05) is 11.5 Å². The van der Waals surface area contributed by atoms with Crippen LogP contribution >= 0.6 is 11.8 Å². The quantitative estimate of drug-likeness (QED) is 0.643. The van der Waals surface area contributed by atoms with Crippen LogP contribution in [-0.2, 0) is 0 Å². The molecule has 0 saturated heterocycles. The van der Waals surface area contributed by atoms with Gasteiger partial charge in [0, 0.05) is 11.5 Å². The van der Waals surface area contributed by atoms with Crippen molar-refractivity contribution in [2.45, 2.75) is 52.0 Å². The minimum absolute atomic E-state index is 0.322. The van der Waals surface area contributed by atoms with Crippen LogP contribution in [0.25, 0.3) is 0 Å². The van der Waals surface area contributed by atoms with E-state index in [1.165, 1.54) is 6.42 Å². The molecule has 0 aliphatic rings. The fourth-order valence-electron chi connectivity index (χ4n) is 1.32. The third kappa shape index (κ3) is 4.19. The van der Waals surface area contributed by atoms with E-state index in [9.17, 15) is 0 Å². The molecule has 0 aliphatic carbocycles. The summed E-state index contributed by atoms with van der Waals surface area (Å²) in [6.45, 7) is 10.7. The number of nitrogens with zero attached hydrogens (tertiary/aromatic N) is 2. The van der Waals surface area contributed by atoms with Gasteiger partial charge in [-0.2, -0.15) is 0 Å². The topological polar surface area (TPSA) is 51.8 Å². The van der Waals surface area contributed by atoms with Gasteiger partial charge < -0.3 is 5.73 Å². The number of hydrogen-bond donors (Lipinski definition) is 1. The summed E-state index contributed by atoms with van der Waals surface area (Å²) in [5.74, 6) is 3.61. The van der Waals surface area contributed by atoms with Crippen molar-refractivity contribution in [3.63, 3.8) is 0 Å². The van der Waals surface area contributed by atoms with Gasteiger partial charge in [0.2, 0.25) is 0 Å². The number of aromatic nitrogens is 2. The van der Waals surface area contributed by atoms with Crippen LogP contribution in [0, 0.1) is 12.8 Å². The van der Waals surface area contributed by atoms with E-state index >= 15 is 0 Å². The molecular weight excluding hydrogens is 230 g/mol. The van der Waals surface area contributed by atoms with Gasteiger partial charge in [-0.05, 0) is 25.0 Å². The summed E-state index contributed by atoms with van der Waals surface area (Å²) in [5, 5.41) is 1.04. The third-order valence-electron chi connectivity index (χ3n) is 2.61. The highest BCUT2D eigenvalue weighted by molar-refractivity contribution is 7.99. The van der Waals surface area contributed by atoms with Crippen LogP contribution < -0.4 is 5.73 Å². The predicted molar refractivity (Wildman–Crippen MR) is 75.4 cm³/mol. The molecular formula is C13H23N3S. The second kappa shape index (κ2) is 6.24. The van der Waals surface area contributed by atoms with Crippen molar-refractivity contribution >= 4 is 17.6 Å². The van der Waals surface area contributed by atoms with E-state index in [1.807, 2.05) is 6.92 Å². The summed E-state index contributed by atoms with van der Waals surface area (Å²) in [6, 6.07) is 0. The van der Waals surface area contributed by atoms with Crippen molar-refractivity contribution < 1.29 is 0 Å². The molecule has 0 spiro atoms. The first-order valence-electron chi connectivity index (χ1n) is 6.18. The third-order valence-corrected chi connectivity index (χ3v) is 3.72. The molecule has 0 saturated carbocycles. The summed E-state index contributed by atoms with van der Waals surface area (Å²) in [4.78, 5) is 8.93. The number of nitrogens with two attached hydrogens (primary N) is 1. The molecule has 0 radical (unpaired) electrons. The molecule has 4 heteroatoms. The Balaban J connectivity index is 2.82. The highest BCUT2D eigenvalue weighted by Gasteiger charge is 2.11. The first kappa shape index (κ1) is 14.3. The average molecular weight is 253 g/mol. The predicted octanol–water partition coefficient (Wildman–Crippen LogP) is 3.63. The zero-order chi connectivity index (χ0) is 13.0. The lowest BCUT2D eigenvalue weighted by atomic mass is 10.2. The summed E-state index contributed by atoms with van der Waals surface area (Å²) < 4.78 is 0. The van der Waals surface area contributed by atoms with Crippen LogP contribution in [0.1, 0.15) is 51.4 Å². The van der Waals surface area contributed by atoms with E-state index in [4.69, 9.17) is 5.73 Å². The lowest BCUT2D eigenvalue weighted by Gasteiger charge is -2.11. The fourth-order valence-corrected chi connectivity index (χ4v) is 2.58. The smallest absolute Gasteiger partial charge is 0.134 e. The van der Waals surface area contributed by atoms with Crippen LogP contribution in [0.15, 0.2) is 5.03 Å². The molecule has 3 nitrogen and oxygen atoms in total. The molecule has 0 atom stereocenters. The van der Waals surface area contributed by atoms with Crippen molar-refractivity contribution in [2.24, 2.45) is 5.92 Å². The molecule has 2 N–H and O–H groups in total. The molecule has 1 aromatic rings. The maximum Gasteiger partial charge on any atom is 0.134 e. The second-order valence-corrected chi connectivity index (χ2v) is 6.17. The van der Waals surface area contributed by atoms with Gasteiger partial charge in [0.05, 0.1) is 0 Å². The Bertz CT molecular complexity index is 375. The molecule has 96 valence electrons. The maximum atomic E-state index is 5.93. The monoisotopic (exact) mass is 253 g/mol. The van der Waals surface area contributed by atoms with Crippen molar-refractivity contribution in [3.05, 3.63) is 11.4 Å². The lowest BCUT2D eigenvalue weighted by molar-refractivity contribution is 0.631. The fraction of sp³-hybridized carbons (Fsp3) is 0.692. The SMILES string of the molecule is Cc1c(N)nc(C(C)C)nc1SCCC(C)C. The highest BCUT2D eigenvalue weighted by atomic mass is 32.2. The van der Waals surface area contributed by atoms with E-state index in [0.717, 1.165) is 28.1 Å². The Morgan fingerprint density at radius 3 is 2.35 bits per heavy atom. The van der Waals surface area contributed by atoms with Crippen molar-refractivity contribution in [1.29, 1.82) is 0 Å². The number of rotatable bonds is 5. The molecule has 1 rings (SSSR count). The zero-order valence-electron chi connectivity index (χ0n) is 11.4. The number of hydrogen-bond acceptors (Lipinski definition) is 4. The number of thioether (sulfide) groups is 1. The van der Waals surface area contributed by atoms with Crippen LogP contribution in [0.2, 0.25) is 0 Å². The van der Waals surface area contributed by atoms with Crippen LogP contribution in [-0.4, -0.2) is 15.7 Å². The van der Waals surface area contributed by atoms with E-state index in [-0.39, 0.29) is 0 Å². The highest BCUT2D eigenvalue weighted by Crippen LogP contribution is 2.26. The Morgan fingerprint density at radius 1 is 1.18 bits per heavy atom. The Morgan fingerprint density at radius 2 is 1.82 bits per heavy atom. The summed E-state index contributed by atoms with van der Waals surface area (Å²) >= 11 is 1.79. The number of nitrogen functional groups attached to an aromatic ring is 1. The van der Waals surface area contributed by atoms with Gasteiger partial charge in [0.25, 0.3) is 0 Å². The van der Waals surface area contributed by atoms with Crippen molar-refractivity contribution in [3.8, 4) is 0 Å². The lowest BCUT2D eigenvalue weighted by Crippen LogP contribution is -2.06. The summed E-state index contributed by atoms with van der Waals surface area (Å²) in [7, 11) is 0. The van der Waals surface area contributed by atoms with E-state index in [1.54, 1.807) is 11.8 Å². The second-order valence-electron chi connectivity index (χ2n) is 5.08. The van der Waals surface area contributed by atoms with E-state index < -0.39 is 0 Å². The minimum Gasteiger partial charge on any atom is -0.383 e. The van der Waals surface area contributed by atoms with E-state index in [0.29, 0.717) is 11.7 Å². The zero-order valence-corrected chi connectivity index (χ0v) is 12.3. The molecule has 0 bridgehead atoms. The maximum absolute atomic E-state index is 5.93. The minimum atomic E-state index is 0.322. The molecule has 0 fully saturated rings. The largest absolute Gasteiger partial charge is 0.383 e. The molecule has 0 unspecified atom stereocenters. The van der Waals surface area contributed by atoms with Gasteiger partial charge in [-0.25, -0.2) is 9.97 Å². The Hall–Kier alpha value is -0.770. The van der Waals surface area contributed by atoms with Crippen LogP contribution in [0.5, 0.6) is 0 Å². The summed E-state index contributed by atoms with van der Waals surface area (Å²) in [6.07, 6.45) is 1.20. The molecule has 1 aromatic heterocycles. The van der Waals surface area contributed by atoms with Crippen LogP contribution in [0.4, 0.5) is 5.82 Å². The first-order valence-corrected chi connectivity index (χ1v) is 7.17. The van der Waals surface area contributed by atoms with E-state index in [2.05, 4.69) is 37.7 Å². The molecule has 0 amide bonds. The van der Waals surface area contributed by atoms with Gasteiger partial charge in [-0.1, -0.05) is 27.7 Å². The van der Waals surface area contributed by atoms with Crippen molar-refractivity contribution in [1.82, 2.24) is 9.97 Å². The average Bonchev–Trinajstić information content (AvgIpc) is 2.23. The summed E-state index contributed by atoms with van der Waals surface area (Å²) in [5.41, 5.74) is 6.94. The van der Waals surface area contributed by atoms with Gasteiger partial charge in [-0.15, -0.1) is 11.8 Å². The first-order chi connectivity index (χ1) is 7.91. The molecule has 0 aliphatic heterocycles. The van der Waals surface area contributed by atoms with Gasteiger partial charge in [-0.3, -0.25) is 0 Å².